The van der Waals surface area contributed by atoms with E-state index in [1.807, 2.05) is 24.3 Å². The minimum Gasteiger partial charge on any atom is -0.497 e. The second-order valence-electron chi connectivity index (χ2n) is 5.76. The Labute approximate surface area is 154 Å². The topological polar surface area (TPSA) is 84.5 Å². The van der Waals surface area contributed by atoms with Gasteiger partial charge in [0.25, 0.3) is 0 Å². The summed E-state index contributed by atoms with van der Waals surface area (Å²) >= 11 is 0. The highest BCUT2D eigenvalue weighted by Gasteiger charge is 2.13. The van der Waals surface area contributed by atoms with E-state index in [4.69, 9.17) is 4.74 Å². The third-order valence-electron chi connectivity index (χ3n) is 3.82. The molecule has 0 saturated heterocycles. The maximum atomic E-state index is 12.0. The summed E-state index contributed by atoms with van der Waals surface area (Å²) in [4.78, 5) is 12.0. The average molecular weight is 376 g/mol. The highest BCUT2D eigenvalue weighted by atomic mass is 32.2. The third kappa shape index (κ3) is 6.50. The van der Waals surface area contributed by atoms with E-state index in [1.165, 1.54) is 17.7 Å². The van der Waals surface area contributed by atoms with Crippen LogP contribution in [-0.4, -0.2) is 34.5 Å². The van der Waals surface area contributed by atoms with E-state index in [9.17, 15) is 13.2 Å². The van der Waals surface area contributed by atoms with Gasteiger partial charge in [0.1, 0.15) is 5.75 Å². The first kappa shape index (κ1) is 19.9. The van der Waals surface area contributed by atoms with Gasteiger partial charge in [-0.1, -0.05) is 30.3 Å². The summed E-state index contributed by atoms with van der Waals surface area (Å²) in [6.07, 6.45) is 1.77. The van der Waals surface area contributed by atoms with E-state index < -0.39 is 10.0 Å². The van der Waals surface area contributed by atoms with Gasteiger partial charge in [-0.05, 0) is 42.7 Å². The molecule has 26 heavy (non-hydrogen) atoms. The number of benzene rings is 2. The molecule has 6 nitrogen and oxygen atoms in total. The van der Waals surface area contributed by atoms with Crippen molar-refractivity contribution in [1.82, 2.24) is 10.0 Å². The number of rotatable bonds is 10. The van der Waals surface area contributed by atoms with E-state index in [2.05, 4.69) is 10.0 Å². The van der Waals surface area contributed by atoms with Crippen molar-refractivity contribution in [3.63, 3.8) is 0 Å². The fourth-order valence-corrected chi connectivity index (χ4v) is 3.44. The molecule has 2 aromatic rings. The molecular formula is C19H24N2O4S. The van der Waals surface area contributed by atoms with Gasteiger partial charge >= 0.3 is 0 Å². The Morgan fingerprint density at radius 3 is 2.35 bits per heavy atom. The zero-order valence-corrected chi connectivity index (χ0v) is 15.6. The summed E-state index contributed by atoms with van der Waals surface area (Å²) in [7, 11) is -1.93. The second-order valence-corrected chi connectivity index (χ2v) is 7.53. The molecule has 0 fully saturated rings. The van der Waals surface area contributed by atoms with E-state index in [0.29, 0.717) is 6.54 Å². The first-order valence-corrected chi connectivity index (χ1v) is 9.94. The molecule has 0 aliphatic rings. The van der Waals surface area contributed by atoms with Gasteiger partial charge in [0, 0.05) is 19.5 Å². The Balaban J connectivity index is 1.63. The molecule has 0 radical (unpaired) electrons. The van der Waals surface area contributed by atoms with Crippen molar-refractivity contribution in [2.45, 2.75) is 24.2 Å². The number of hydrogen-bond acceptors (Lipinski definition) is 4. The number of amides is 1. The van der Waals surface area contributed by atoms with Crippen molar-refractivity contribution >= 4 is 15.9 Å². The Bertz CT molecular complexity index is 790. The maximum absolute atomic E-state index is 12.0. The van der Waals surface area contributed by atoms with Gasteiger partial charge in [-0.3, -0.25) is 4.79 Å². The highest BCUT2D eigenvalue weighted by molar-refractivity contribution is 7.89. The molecule has 0 spiro atoms. The Kier molecular flexibility index (Phi) is 7.62. The predicted molar refractivity (Wildman–Crippen MR) is 101 cm³/mol. The molecule has 0 aliphatic carbocycles. The molecule has 0 aliphatic heterocycles. The van der Waals surface area contributed by atoms with Gasteiger partial charge in [0.2, 0.25) is 15.9 Å². The van der Waals surface area contributed by atoms with Crippen LogP contribution in [0.3, 0.4) is 0 Å². The second kappa shape index (κ2) is 9.94. The minimum atomic E-state index is -3.56. The van der Waals surface area contributed by atoms with Crippen LogP contribution in [-0.2, 0) is 21.2 Å². The zero-order valence-electron chi connectivity index (χ0n) is 14.8. The van der Waals surface area contributed by atoms with Crippen LogP contribution < -0.4 is 14.8 Å². The number of hydrogen-bond donors (Lipinski definition) is 2. The smallest absolute Gasteiger partial charge is 0.240 e. The largest absolute Gasteiger partial charge is 0.497 e. The van der Waals surface area contributed by atoms with E-state index in [-0.39, 0.29) is 23.8 Å². The molecule has 2 aromatic carbocycles. The fourth-order valence-electron chi connectivity index (χ4n) is 2.38. The van der Waals surface area contributed by atoms with Gasteiger partial charge in [0.15, 0.2) is 0 Å². The van der Waals surface area contributed by atoms with Crippen LogP contribution in [0.15, 0.2) is 59.5 Å². The minimum absolute atomic E-state index is 0.0710. The van der Waals surface area contributed by atoms with Crippen molar-refractivity contribution in [3.05, 3.63) is 60.2 Å². The lowest BCUT2D eigenvalue weighted by Crippen LogP contribution is -2.31. The van der Waals surface area contributed by atoms with Crippen LogP contribution >= 0.6 is 0 Å². The first-order chi connectivity index (χ1) is 12.5. The van der Waals surface area contributed by atoms with Crippen LogP contribution in [0.25, 0.3) is 0 Å². The number of carbonyl (C=O) groups is 1. The average Bonchev–Trinajstić information content (AvgIpc) is 2.66. The molecule has 140 valence electrons. The number of carbonyl (C=O) groups excluding carboxylic acids is 1. The lowest BCUT2D eigenvalue weighted by Gasteiger charge is -2.08. The summed E-state index contributed by atoms with van der Waals surface area (Å²) in [5.74, 6) is 0.649. The molecule has 0 heterocycles. The maximum Gasteiger partial charge on any atom is 0.240 e. The van der Waals surface area contributed by atoms with Crippen molar-refractivity contribution in [2.24, 2.45) is 0 Å². The van der Waals surface area contributed by atoms with Gasteiger partial charge in [-0.25, -0.2) is 13.1 Å². The van der Waals surface area contributed by atoms with Crippen molar-refractivity contribution in [2.75, 3.05) is 20.2 Å². The Hall–Kier alpha value is -2.38. The Morgan fingerprint density at radius 2 is 1.69 bits per heavy atom. The summed E-state index contributed by atoms with van der Waals surface area (Å²) in [6.45, 7) is 0.623. The standard InChI is InChI=1S/C19H24N2O4S/c1-25-17-11-9-16(10-12-17)6-5-14-20-19(22)13-15-21-26(23,24)18-7-3-2-4-8-18/h2-4,7-12,21H,5-6,13-15H2,1H3,(H,20,22). The molecule has 7 heteroatoms. The van der Waals surface area contributed by atoms with Crippen LogP contribution in [0.5, 0.6) is 5.75 Å². The lowest BCUT2D eigenvalue weighted by molar-refractivity contribution is -0.120. The summed E-state index contributed by atoms with van der Waals surface area (Å²) in [5, 5.41) is 2.80. The molecule has 0 atom stereocenters. The zero-order chi connectivity index (χ0) is 18.8. The van der Waals surface area contributed by atoms with E-state index in [1.54, 1.807) is 25.3 Å². The molecule has 1 amide bonds. The van der Waals surface area contributed by atoms with Crippen LogP contribution in [0.4, 0.5) is 0 Å². The monoisotopic (exact) mass is 376 g/mol. The van der Waals surface area contributed by atoms with E-state index in [0.717, 1.165) is 18.6 Å². The lowest BCUT2D eigenvalue weighted by atomic mass is 10.1. The summed E-state index contributed by atoms with van der Waals surface area (Å²) in [5.41, 5.74) is 1.18. The molecule has 0 saturated carbocycles. The van der Waals surface area contributed by atoms with Crippen LogP contribution in [0.1, 0.15) is 18.4 Å². The number of nitrogens with one attached hydrogen (secondary N) is 2. The quantitative estimate of drug-likeness (QED) is 0.622. The number of aryl methyl sites for hydroxylation is 1. The highest BCUT2D eigenvalue weighted by Crippen LogP contribution is 2.12. The fraction of sp³-hybridized carbons (Fsp3) is 0.316. The molecule has 2 N–H and O–H groups in total. The molecule has 0 aromatic heterocycles. The van der Waals surface area contributed by atoms with Crippen molar-refractivity contribution in [1.29, 1.82) is 0 Å². The van der Waals surface area contributed by atoms with Crippen LogP contribution in [0.2, 0.25) is 0 Å². The number of sulfonamides is 1. The van der Waals surface area contributed by atoms with Gasteiger partial charge in [-0.15, -0.1) is 0 Å². The number of methoxy groups -OCH3 is 1. The third-order valence-corrected chi connectivity index (χ3v) is 5.30. The predicted octanol–water partition coefficient (Wildman–Crippen LogP) is 2.11. The first-order valence-electron chi connectivity index (χ1n) is 8.45. The molecule has 2 rings (SSSR count). The molecule has 0 unspecified atom stereocenters. The normalized spacial score (nSPS) is 11.1. The summed E-state index contributed by atoms with van der Waals surface area (Å²) < 4.78 is 31.6. The Morgan fingerprint density at radius 1 is 1.00 bits per heavy atom. The van der Waals surface area contributed by atoms with Gasteiger partial charge in [0.05, 0.1) is 12.0 Å². The number of ether oxygens (including phenoxy) is 1. The van der Waals surface area contributed by atoms with Gasteiger partial charge in [-0.2, -0.15) is 0 Å². The van der Waals surface area contributed by atoms with Crippen molar-refractivity contribution in [3.8, 4) is 5.75 Å². The SMILES string of the molecule is COc1ccc(CCCNC(=O)CCNS(=O)(=O)c2ccccc2)cc1. The molecular weight excluding hydrogens is 352 g/mol. The molecule has 0 bridgehead atoms. The van der Waals surface area contributed by atoms with E-state index >= 15 is 0 Å². The summed E-state index contributed by atoms with van der Waals surface area (Å²) in [6, 6.07) is 15.9. The van der Waals surface area contributed by atoms with Crippen LogP contribution in [0, 0.1) is 0 Å². The van der Waals surface area contributed by atoms with Gasteiger partial charge < -0.3 is 10.1 Å². The van der Waals surface area contributed by atoms with Crippen molar-refractivity contribution < 1.29 is 17.9 Å².